The van der Waals surface area contributed by atoms with Crippen LogP contribution in [0.5, 0.6) is 0 Å². The average molecular weight is 443 g/mol. The molecule has 2 aliphatic rings. The lowest BCUT2D eigenvalue weighted by Gasteiger charge is -2.28. The van der Waals surface area contributed by atoms with Gasteiger partial charge in [0.1, 0.15) is 5.92 Å². The second-order valence-electron chi connectivity index (χ2n) is 8.26. The number of anilines is 1. The number of amides is 2. The van der Waals surface area contributed by atoms with Gasteiger partial charge in [-0.15, -0.1) is 0 Å². The van der Waals surface area contributed by atoms with Crippen molar-refractivity contribution in [3.8, 4) is 0 Å². The van der Waals surface area contributed by atoms with Gasteiger partial charge in [-0.2, -0.15) is 0 Å². The first-order chi connectivity index (χ1) is 15.9. The van der Waals surface area contributed by atoms with E-state index >= 15 is 0 Å². The number of likely N-dealkylation sites (tertiary alicyclic amines) is 1. The maximum atomic E-state index is 13.5. The number of hydrogen-bond acceptors (Lipinski definition) is 6. The first-order valence-electron chi connectivity index (χ1n) is 10.6. The monoisotopic (exact) mass is 443 g/mol. The highest BCUT2D eigenvalue weighted by Gasteiger charge is 2.59. The van der Waals surface area contributed by atoms with Gasteiger partial charge in [0.25, 0.3) is 11.6 Å². The Balaban J connectivity index is 1.54. The Morgan fingerprint density at radius 1 is 0.939 bits per heavy atom. The summed E-state index contributed by atoms with van der Waals surface area (Å²) < 4.78 is 0. The molecule has 166 valence electrons. The number of nitrogens with zero attached hydrogens (tertiary/aromatic N) is 3. The van der Waals surface area contributed by atoms with Gasteiger partial charge >= 0.3 is 0 Å². The maximum absolute atomic E-state index is 13.5. The molecule has 0 spiro atoms. The van der Waals surface area contributed by atoms with Crippen LogP contribution in [-0.2, 0) is 21.0 Å². The summed E-state index contributed by atoms with van der Waals surface area (Å²) in [5, 5.41) is 12.8. The van der Waals surface area contributed by atoms with Crippen molar-refractivity contribution in [1.29, 1.82) is 0 Å². The Labute approximate surface area is 190 Å². The third kappa shape index (κ3) is 3.64. The van der Waals surface area contributed by atoms with Crippen molar-refractivity contribution >= 4 is 23.2 Å². The minimum absolute atomic E-state index is 0.0980. The van der Waals surface area contributed by atoms with E-state index in [9.17, 15) is 19.7 Å². The van der Waals surface area contributed by atoms with Crippen LogP contribution < -0.4 is 5.06 Å². The van der Waals surface area contributed by atoms with Crippen LogP contribution in [0.4, 0.5) is 11.4 Å². The Bertz CT molecular complexity index is 1230. The zero-order valence-corrected chi connectivity index (χ0v) is 17.8. The minimum Gasteiger partial charge on any atom is -0.275 e. The van der Waals surface area contributed by atoms with Crippen LogP contribution in [0.25, 0.3) is 0 Å². The summed E-state index contributed by atoms with van der Waals surface area (Å²) in [6.07, 6.45) is -0.994. The molecule has 3 aromatic carbocycles. The van der Waals surface area contributed by atoms with Gasteiger partial charge in [-0.05, 0) is 24.1 Å². The lowest BCUT2D eigenvalue weighted by molar-refractivity contribution is -0.384. The fourth-order valence-electron chi connectivity index (χ4n) is 4.46. The number of carbonyl (C=O) groups is 2. The van der Waals surface area contributed by atoms with Gasteiger partial charge in [0.05, 0.1) is 23.2 Å². The van der Waals surface area contributed by atoms with E-state index < -0.39 is 28.9 Å². The quantitative estimate of drug-likeness (QED) is 0.337. The number of imide groups is 1. The van der Waals surface area contributed by atoms with Crippen LogP contribution >= 0.6 is 0 Å². The predicted octanol–water partition coefficient (Wildman–Crippen LogP) is 3.95. The molecule has 8 nitrogen and oxygen atoms in total. The lowest BCUT2D eigenvalue weighted by Crippen LogP contribution is -2.37. The van der Waals surface area contributed by atoms with Gasteiger partial charge in [0.15, 0.2) is 6.10 Å². The molecule has 2 heterocycles. The van der Waals surface area contributed by atoms with E-state index in [4.69, 9.17) is 4.84 Å². The van der Waals surface area contributed by atoms with Crippen molar-refractivity contribution in [3.63, 3.8) is 0 Å². The zero-order valence-electron chi connectivity index (χ0n) is 17.8. The predicted molar refractivity (Wildman–Crippen MR) is 120 cm³/mol. The minimum atomic E-state index is -0.994. The fourth-order valence-corrected chi connectivity index (χ4v) is 4.46. The Kier molecular flexibility index (Phi) is 5.14. The number of rotatable bonds is 5. The number of non-ortho nitro benzene ring substituents is 1. The van der Waals surface area contributed by atoms with E-state index in [1.165, 1.54) is 22.1 Å². The molecule has 0 saturated carbocycles. The standard InChI is InChI=1S/C25H21N3O5/c1-16-10-12-18(13-11-16)22-21-23(33-27(22)19-8-5-9-20(14-19)28(31)32)25(30)26(24(21)29)15-17-6-3-2-4-7-17/h2-14,21-23H,15H2,1H3/t21-,22+,23-/m0/s1. The highest BCUT2D eigenvalue weighted by Crippen LogP contribution is 2.47. The van der Waals surface area contributed by atoms with E-state index in [0.717, 1.165) is 16.7 Å². The van der Waals surface area contributed by atoms with Crippen LogP contribution in [-0.4, -0.2) is 27.7 Å². The first-order valence-corrected chi connectivity index (χ1v) is 10.6. The largest absolute Gasteiger partial charge is 0.275 e. The highest BCUT2D eigenvalue weighted by atomic mass is 16.7. The number of hydrogen-bond donors (Lipinski definition) is 0. The second kappa shape index (κ2) is 8.14. The number of benzene rings is 3. The van der Waals surface area contributed by atoms with Gasteiger partial charge in [-0.25, -0.2) is 5.06 Å². The lowest BCUT2D eigenvalue weighted by atomic mass is 9.90. The van der Waals surface area contributed by atoms with Crippen LogP contribution in [0, 0.1) is 23.0 Å². The van der Waals surface area contributed by atoms with E-state index in [1.54, 1.807) is 12.1 Å². The van der Waals surface area contributed by atoms with E-state index in [1.807, 2.05) is 61.5 Å². The van der Waals surface area contributed by atoms with Crippen LogP contribution in [0.15, 0.2) is 78.9 Å². The van der Waals surface area contributed by atoms with E-state index in [-0.39, 0.29) is 18.1 Å². The van der Waals surface area contributed by atoms with Gasteiger partial charge in [-0.3, -0.25) is 29.4 Å². The number of aryl methyl sites for hydroxylation is 1. The summed E-state index contributed by atoms with van der Waals surface area (Å²) in [7, 11) is 0. The molecule has 2 saturated heterocycles. The van der Waals surface area contributed by atoms with Crippen LogP contribution in [0.3, 0.4) is 0 Å². The maximum Gasteiger partial charge on any atom is 0.271 e. The third-order valence-corrected chi connectivity index (χ3v) is 6.10. The molecule has 0 aliphatic carbocycles. The Hall–Kier alpha value is -4.04. The molecule has 0 unspecified atom stereocenters. The Morgan fingerprint density at radius 2 is 1.67 bits per heavy atom. The van der Waals surface area contributed by atoms with Crippen LogP contribution in [0.2, 0.25) is 0 Å². The van der Waals surface area contributed by atoms with Gasteiger partial charge in [-0.1, -0.05) is 66.2 Å². The SMILES string of the molecule is Cc1ccc([C@@H]2[C@@H]3C(=O)N(Cc4ccccc4)C(=O)[C@H]3ON2c2cccc([N+](=O)[O-])c2)cc1. The van der Waals surface area contributed by atoms with Crippen molar-refractivity contribution in [3.05, 3.63) is 106 Å². The summed E-state index contributed by atoms with van der Waals surface area (Å²) in [6.45, 7) is 2.13. The fraction of sp³-hybridized carbons (Fsp3) is 0.200. The molecule has 33 heavy (non-hydrogen) atoms. The molecule has 3 aromatic rings. The second-order valence-corrected chi connectivity index (χ2v) is 8.26. The summed E-state index contributed by atoms with van der Waals surface area (Å²) in [6, 6.07) is 22.4. The Morgan fingerprint density at radius 3 is 2.36 bits per heavy atom. The molecule has 0 aromatic heterocycles. The average Bonchev–Trinajstić information content (AvgIpc) is 3.32. The number of hydroxylamine groups is 1. The smallest absolute Gasteiger partial charge is 0.271 e. The van der Waals surface area contributed by atoms with Crippen molar-refractivity contribution in [2.75, 3.05) is 5.06 Å². The molecule has 2 aliphatic heterocycles. The topological polar surface area (TPSA) is 93.0 Å². The summed E-state index contributed by atoms with van der Waals surface area (Å²) in [5.74, 6) is -1.48. The molecule has 5 rings (SSSR count). The summed E-state index contributed by atoms with van der Waals surface area (Å²) in [4.78, 5) is 44.8. The molecule has 8 heteroatoms. The molecule has 0 bridgehead atoms. The van der Waals surface area contributed by atoms with E-state index in [0.29, 0.717) is 5.69 Å². The molecule has 3 atom stereocenters. The van der Waals surface area contributed by atoms with Crippen LogP contribution in [0.1, 0.15) is 22.7 Å². The van der Waals surface area contributed by atoms with Crippen molar-refractivity contribution < 1.29 is 19.3 Å². The normalized spacial score (nSPS) is 22.0. The number of nitro benzene ring substituents is 1. The zero-order chi connectivity index (χ0) is 23.1. The molecular weight excluding hydrogens is 422 g/mol. The van der Waals surface area contributed by atoms with Gasteiger partial charge in [0, 0.05) is 12.1 Å². The molecule has 2 amide bonds. The van der Waals surface area contributed by atoms with Crippen molar-refractivity contribution in [2.24, 2.45) is 5.92 Å². The highest BCUT2D eigenvalue weighted by molar-refractivity contribution is 6.07. The first kappa shape index (κ1) is 20.8. The molecule has 0 radical (unpaired) electrons. The number of fused-ring (bicyclic) bond motifs is 1. The molecule has 2 fully saturated rings. The molecular formula is C25H21N3O5. The summed E-state index contributed by atoms with van der Waals surface area (Å²) >= 11 is 0. The third-order valence-electron chi connectivity index (χ3n) is 6.10. The van der Waals surface area contributed by atoms with Gasteiger partial charge < -0.3 is 0 Å². The van der Waals surface area contributed by atoms with Gasteiger partial charge in [0.2, 0.25) is 5.91 Å². The van der Waals surface area contributed by atoms with E-state index in [2.05, 4.69) is 0 Å². The molecule has 0 N–H and O–H groups in total. The number of carbonyl (C=O) groups excluding carboxylic acids is 2. The number of nitro groups is 1. The van der Waals surface area contributed by atoms with Crippen molar-refractivity contribution in [2.45, 2.75) is 25.6 Å². The van der Waals surface area contributed by atoms with Crippen molar-refractivity contribution in [1.82, 2.24) is 4.90 Å². The summed E-state index contributed by atoms with van der Waals surface area (Å²) in [5.41, 5.74) is 3.01.